The molecule has 0 fully saturated rings. The van der Waals surface area contributed by atoms with Crippen molar-refractivity contribution in [1.82, 2.24) is 0 Å². The zero-order valence-corrected chi connectivity index (χ0v) is 82.4. The van der Waals surface area contributed by atoms with Crippen LogP contribution in [-0.2, 0) is 16.2 Å². The molecule has 698 valence electrons. The Morgan fingerprint density at radius 2 is 0.333 bits per heavy atom. The molecule has 0 aromatic heterocycles. The molecule has 23 aromatic rings. The SMILES string of the molecule is CC1(c2ccccc2)c2ccccc2-c2cc(N(c3ccc(-c4ccccc4)cc3)c3ccc(-c4ccccc4)cc3)ccc21.CC1(c2ccccc2)c2ccccc2-c2cc(N(c3ccc(-c4ccccc4)cc3)c3cccc(-c4ccccc4)c3)ccc21.Cc1ccc(C2(c3ccccc3)c3ccccc3-c3cc(-c4ccc(N(c5ccc(-c6ccccc6)cc5)c5cccc(-c6ccccc6)c5)cc4)ccc32)cc1. The summed E-state index contributed by atoms with van der Waals surface area (Å²) in [4.78, 5) is 7.13. The summed E-state index contributed by atoms with van der Waals surface area (Å²) in [5, 5.41) is 0. The van der Waals surface area contributed by atoms with Crippen LogP contribution in [0.1, 0.15) is 75.0 Å². The highest BCUT2D eigenvalue weighted by molar-refractivity contribution is 5.95. The standard InChI is InChI=1S/C56H41N.2C44H33N/c1-40-24-31-48(32-25-40)56(47-19-9-4-10-20-47)54-23-12-11-22-52(54)53-39-46(30-37-55(53)56)44-28-35-50(36-29-44)57(49-33-26-43(27-34-49)41-14-5-2-6-15-41)51-21-13-18-45(38-51)42-16-7-3-8-17-42;1-44(36-19-9-4-10-20-36)42-23-12-11-22-40(42)41-31-39(28-29-43(41)44)45(37-26-24-34(25-27-37)32-14-5-2-6-15-32)38-21-13-18-35(30-38)33-16-7-3-8-17-33;1-44(36-17-9-4-10-18-36)42-20-12-11-19-40(42)41-31-39(29-30-43(41)44)45(37-25-21-34(22-26-37)32-13-5-2-6-14-32)38-27-23-35(24-28-38)33-15-7-3-8-16-33/h2-39H,1H3;2*2-31H,1H3. The molecule has 3 nitrogen and oxygen atoms in total. The molecule has 3 aliphatic rings. The molecule has 0 spiro atoms. The number of hydrogen-bond acceptors (Lipinski definition) is 3. The maximum Gasteiger partial charge on any atom is 0.0713 e. The van der Waals surface area contributed by atoms with Crippen LogP contribution in [0.5, 0.6) is 0 Å². The lowest BCUT2D eigenvalue weighted by Crippen LogP contribution is -2.28. The van der Waals surface area contributed by atoms with Gasteiger partial charge in [-0.15, -0.1) is 0 Å². The number of aryl methyl sites for hydroxylation is 1. The highest BCUT2D eigenvalue weighted by atomic mass is 15.2. The Hall–Kier alpha value is -18.5. The van der Waals surface area contributed by atoms with Gasteiger partial charge in [-0.25, -0.2) is 0 Å². The van der Waals surface area contributed by atoms with Gasteiger partial charge >= 0.3 is 0 Å². The van der Waals surface area contributed by atoms with Gasteiger partial charge in [-0.2, -0.15) is 0 Å². The van der Waals surface area contributed by atoms with Crippen molar-refractivity contribution < 1.29 is 0 Å². The Morgan fingerprint density at radius 3 is 0.673 bits per heavy atom. The molecule has 0 amide bonds. The fraction of sp³-hybridized carbons (Fsp3) is 0.0417. The van der Waals surface area contributed by atoms with Crippen LogP contribution in [-0.4, -0.2) is 0 Å². The first-order valence-electron chi connectivity index (χ1n) is 51.0. The average Bonchev–Trinajstić information content (AvgIpc) is 1.54. The van der Waals surface area contributed by atoms with E-state index in [1.807, 2.05) is 0 Å². The lowest BCUT2D eigenvalue weighted by Gasteiger charge is -2.34. The summed E-state index contributed by atoms with van der Waals surface area (Å²) in [5.41, 5.74) is 48.4. The third kappa shape index (κ3) is 17.2. The predicted octanol–water partition coefficient (Wildman–Crippen LogP) is 38.5. The monoisotopic (exact) mass is 1880 g/mol. The Balaban J connectivity index is 0.000000119. The fourth-order valence-electron chi connectivity index (χ4n) is 23.0. The summed E-state index contributed by atoms with van der Waals surface area (Å²) in [7, 11) is 0. The Labute approximate surface area is 863 Å². The molecule has 0 saturated carbocycles. The van der Waals surface area contributed by atoms with Crippen molar-refractivity contribution in [3.8, 4) is 111 Å². The van der Waals surface area contributed by atoms with Crippen LogP contribution in [0.25, 0.3) is 111 Å². The Morgan fingerprint density at radius 1 is 0.129 bits per heavy atom. The van der Waals surface area contributed by atoms with E-state index in [1.54, 1.807) is 0 Å². The maximum atomic E-state index is 2.41. The second-order valence-electron chi connectivity index (χ2n) is 38.9. The average molecular weight is 1880 g/mol. The quantitative estimate of drug-likeness (QED) is 0.0753. The van der Waals surface area contributed by atoms with E-state index in [-0.39, 0.29) is 10.8 Å². The van der Waals surface area contributed by atoms with Crippen molar-refractivity contribution in [3.05, 3.63) is 656 Å². The molecule has 147 heavy (non-hydrogen) atoms. The summed E-state index contributed by atoms with van der Waals surface area (Å²) < 4.78 is 0. The summed E-state index contributed by atoms with van der Waals surface area (Å²) in [5.74, 6) is 0. The minimum absolute atomic E-state index is 0.217. The molecular weight excluding hydrogens is 1770 g/mol. The van der Waals surface area contributed by atoms with Gasteiger partial charge in [0.05, 0.1) is 5.41 Å². The molecule has 26 rings (SSSR count). The minimum atomic E-state index is -0.409. The van der Waals surface area contributed by atoms with Crippen molar-refractivity contribution in [2.45, 2.75) is 37.0 Å². The van der Waals surface area contributed by atoms with E-state index < -0.39 is 5.41 Å². The zero-order chi connectivity index (χ0) is 98.6. The lowest BCUT2D eigenvalue weighted by molar-refractivity contribution is 0.714. The second kappa shape index (κ2) is 39.7. The summed E-state index contributed by atoms with van der Waals surface area (Å²) in [6.07, 6.45) is 0. The van der Waals surface area contributed by atoms with E-state index in [9.17, 15) is 0 Å². The van der Waals surface area contributed by atoms with Crippen LogP contribution >= 0.6 is 0 Å². The largest absolute Gasteiger partial charge is 0.310 e. The van der Waals surface area contributed by atoms with Crippen LogP contribution in [0.2, 0.25) is 0 Å². The molecule has 3 unspecified atom stereocenters. The van der Waals surface area contributed by atoms with Crippen molar-refractivity contribution in [1.29, 1.82) is 0 Å². The van der Waals surface area contributed by atoms with Crippen molar-refractivity contribution >= 4 is 51.2 Å². The highest BCUT2D eigenvalue weighted by Gasteiger charge is 2.47. The van der Waals surface area contributed by atoms with Crippen LogP contribution < -0.4 is 14.7 Å². The molecule has 0 saturated heterocycles. The Kier molecular flexibility index (Phi) is 24.6. The molecule has 3 heteroatoms. The van der Waals surface area contributed by atoms with E-state index in [0.29, 0.717) is 0 Å². The third-order valence-corrected chi connectivity index (χ3v) is 30.4. The number of benzene rings is 23. The van der Waals surface area contributed by atoms with E-state index in [4.69, 9.17) is 0 Å². The van der Waals surface area contributed by atoms with Crippen LogP contribution in [0, 0.1) is 6.92 Å². The normalized spacial score (nSPS) is 14.6. The first-order valence-corrected chi connectivity index (χ1v) is 51.0. The first-order chi connectivity index (χ1) is 72.6. The van der Waals surface area contributed by atoms with Gasteiger partial charge in [0.1, 0.15) is 0 Å². The summed E-state index contributed by atoms with van der Waals surface area (Å²) >= 11 is 0. The van der Waals surface area contributed by atoms with Crippen molar-refractivity contribution in [2.75, 3.05) is 14.7 Å². The first kappa shape index (κ1) is 91.0. The third-order valence-electron chi connectivity index (χ3n) is 30.4. The molecule has 0 N–H and O–H groups in total. The fourth-order valence-corrected chi connectivity index (χ4v) is 23.0. The van der Waals surface area contributed by atoms with Crippen molar-refractivity contribution in [2.24, 2.45) is 0 Å². The topological polar surface area (TPSA) is 9.72 Å². The molecule has 23 aromatic carbocycles. The summed E-state index contributed by atoms with van der Waals surface area (Å²) in [6, 6.07) is 216. The number of nitrogens with zero attached hydrogens (tertiary/aromatic N) is 3. The molecule has 0 heterocycles. The van der Waals surface area contributed by atoms with Crippen LogP contribution in [0.4, 0.5) is 51.2 Å². The van der Waals surface area contributed by atoms with Crippen molar-refractivity contribution in [3.63, 3.8) is 0 Å². The van der Waals surface area contributed by atoms with Gasteiger partial charge in [0.25, 0.3) is 0 Å². The van der Waals surface area contributed by atoms with E-state index in [0.717, 1.165) is 51.2 Å². The maximum absolute atomic E-state index is 2.41. The van der Waals surface area contributed by atoms with E-state index >= 15 is 0 Å². The predicted molar refractivity (Wildman–Crippen MR) is 618 cm³/mol. The van der Waals surface area contributed by atoms with Crippen LogP contribution in [0.15, 0.2) is 595 Å². The van der Waals surface area contributed by atoms with E-state index in [1.165, 1.54) is 172 Å². The second-order valence-corrected chi connectivity index (χ2v) is 38.9. The highest BCUT2D eigenvalue weighted by Crippen LogP contribution is 2.60. The smallest absolute Gasteiger partial charge is 0.0713 e. The van der Waals surface area contributed by atoms with Gasteiger partial charge in [0, 0.05) is 62.0 Å². The van der Waals surface area contributed by atoms with Gasteiger partial charge < -0.3 is 14.7 Å². The van der Waals surface area contributed by atoms with Crippen LogP contribution in [0.3, 0.4) is 0 Å². The van der Waals surface area contributed by atoms with Gasteiger partial charge in [0.15, 0.2) is 0 Å². The number of fused-ring (bicyclic) bond motifs is 9. The molecule has 3 aliphatic carbocycles. The summed E-state index contributed by atoms with van der Waals surface area (Å²) in [6.45, 7) is 6.90. The minimum Gasteiger partial charge on any atom is -0.310 e. The molecule has 0 bridgehead atoms. The number of hydrogen-bond donors (Lipinski definition) is 0. The van der Waals surface area contributed by atoms with Gasteiger partial charge in [-0.05, 0) is 303 Å². The van der Waals surface area contributed by atoms with E-state index in [2.05, 4.69) is 630 Å². The van der Waals surface area contributed by atoms with Gasteiger partial charge in [0.2, 0.25) is 0 Å². The van der Waals surface area contributed by atoms with Gasteiger partial charge in [-0.1, -0.05) is 485 Å². The molecular formula is C144H107N3. The van der Waals surface area contributed by atoms with Gasteiger partial charge in [-0.3, -0.25) is 0 Å². The molecule has 0 aliphatic heterocycles. The lowest BCUT2D eigenvalue weighted by atomic mass is 9.67. The number of anilines is 9. The number of rotatable bonds is 20. The zero-order valence-electron chi connectivity index (χ0n) is 82.4. The molecule has 0 radical (unpaired) electrons. The Bertz CT molecular complexity index is 8500. The molecule has 3 atom stereocenters.